The Bertz CT molecular complexity index is 993. The van der Waals surface area contributed by atoms with Crippen LogP contribution in [0, 0.1) is 0 Å². The molecule has 2 aromatic rings. The number of hydrogen-bond acceptors (Lipinski definition) is 5. The van der Waals surface area contributed by atoms with Crippen LogP contribution in [-0.2, 0) is 14.4 Å². The lowest BCUT2D eigenvalue weighted by atomic mass is 9.96. The number of carbonyl (C=O) groups is 3. The lowest BCUT2D eigenvalue weighted by molar-refractivity contribution is -0.125. The topological polar surface area (TPSA) is 117 Å². The quantitative estimate of drug-likeness (QED) is 0.406. The van der Waals surface area contributed by atoms with E-state index in [0.29, 0.717) is 6.04 Å². The highest BCUT2D eigenvalue weighted by Crippen LogP contribution is 2.29. The van der Waals surface area contributed by atoms with Gasteiger partial charge in [-0.15, -0.1) is 0 Å². The summed E-state index contributed by atoms with van der Waals surface area (Å²) in [6, 6.07) is 15.6. The van der Waals surface area contributed by atoms with Crippen LogP contribution in [-0.4, -0.2) is 61.4 Å². The van der Waals surface area contributed by atoms with E-state index in [2.05, 4.69) is 70.2 Å². The van der Waals surface area contributed by atoms with Gasteiger partial charge in [-0.3, -0.25) is 19.3 Å². The predicted octanol–water partition coefficient (Wildman–Crippen LogP) is 1.23. The summed E-state index contributed by atoms with van der Waals surface area (Å²) in [6.07, 6.45) is 4.57. The van der Waals surface area contributed by atoms with Crippen LogP contribution in [0.1, 0.15) is 31.4 Å². The van der Waals surface area contributed by atoms with Crippen molar-refractivity contribution in [3.05, 3.63) is 60.2 Å². The van der Waals surface area contributed by atoms with Gasteiger partial charge >= 0.3 is 0 Å². The molecule has 0 aliphatic carbocycles. The van der Waals surface area contributed by atoms with Crippen LogP contribution in [0.5, 0.6) is 0 Å². The zero-order valence-electron chi connectivity index (χ0n) is 19.0. The Morgan fingerprint density at radius 3 is 2.48 bits per heavy atom. The molecule has 5 N–H and O–H groups in total. The molecule has 1 aliphatic heterocycles. The van der Waals surface area contributed by atoms with Gasteiger partial charge in [-0.2, -0.15) is 0 Å². The summed E-state index contributed by atoms with van der Waals surface area (Å²) in [6.45, 7) is 4.45. The van der Waals surface area contributed by atoms with Gasteiger partial charge in [-0.1, -0.05) is 48.5 Å². The minimum Gasteiger partial charge on any atom is -0.366 e. The summed E-state index contributed by atoms with van der Waals surface area (Å²) in [5.41, 5.74) is 6.32. The zero-order valence-corrected chi connectivity index (χ0v) is 19.0. The summed E-state index contributed by atoms with van der Waals surface area (Å²) in [5, 5.41) is 11.0. The van der Waals surface area contributed by atoms with E-state index in [1.807, 2.05) is 0 Å². The molecule has 0 aromatic heterocycles. The monoisotopic (exact) mass is 451 g/mol. The molecule has 3 amide bonds. The molecule has 1 fully saturated rings. The molecule has 2 aromatic carbocycles. The molecule has 8 nitrogen and oxygen atoms in total. The van der Waals surface area contributed by atoms with Crippen molar-refractivity contribution >= 4 is 28.5 Å². The van der Waals surface area contributed by atoms with Gasteiger partial charge in [0.2, 0.25) is 17.7 Å². The van der Waals surface area contributed by atoms with Crippen LogP contribution in [0.15, 0.2) is 54.6 Å². The second-order valence-corrected chi connectivity index (χ2v) is 8.32. The Morgan fingerprint density at radius 2 is 1.73 bits per heavy atom. The van der Waals surface area contributed by atoms with Crippen LogP contribution >= 0.6 is 0 Å². The summed E-state index contributed by atoms with van der Waals surface area (Å²) in [7, 11) is 0. The molecule has 1 aliphatic rings. The van der Waals surface area contributed by atoms with E-state index in [9.17, 15) is 14.4 Å². The van der Waals surface area contributed by atoms with Crippen molar-refractivity contribution in [1.29, 1.82) is 0 Å². The van der Waals surface area contributed by atoms with Crippen LogP contribution in [0.4, 0.5) is 0 Å². The Hall–Kier alpha value is -3.23. The Kier molecular flexibility index (Phi) is 8.97. The fourth-order valence-electron chi connectivity index (χ4n) is 4.19. The number of piperidine rings is 1. The maximum absolute atomic E-state index is 12.1. The number of fused-ring (bicyclic) bond motifs is 1. The molecule has 0 saturated carbocycles. The molecule has 1 heterocycles. The summed E-state index contributed by atoms with van der Waals surface area (Å²) < 4.78 is 0. The van der Waals surface area contributed by atoms with Crippen molar-refractivity contribution in [2.75, 3.05) is 32.7 Å². The highest BCUT2D eigenvalue weighted by molar-refractivity contribution is 5.87. The largest absolute Gasteiger partial charge is 0.366 e. The molecule has 1 unspecified atom stereocenters. The number of hydrogen-bond donors (Lipinski definition) is 4. The minimum absolute atomic E-state index is 0.105. The number of rotatable bonds is 10. The van der Waals surface area contributed by atoms with E-state index in [0.717, 1.165) is 25.9 Å². The Balaban J connectivity index is 1.37. The standard InChI is InChI=1S/C25H33N5O3/c1-18(21-9-4-7-19-6-2-3-8-22(19)21)30-14-11-20(12-15-30)28-16-25(33)29-17-24(32)27-13-5-10-23(26)31/h2-10,18,20,28H,11-17H2,1H3,(H2,26,31)(H,27,32)(H,29,33)/b10-5+. The first-order chi connectivity index (χ1) is 15.9. The number of nitrogens with one attached hydrogen (secondary N) is 3. The van der Waals surface area contributed by atoms with Gasteiger partial charge < -0.3 is 21.7 Å². The van der Waals surface area contributed by atoms with Crippen molar-refractivity contribution in [2.24, 2.45) is 5.73 Å². The molecule has 1 saturated heterocycles. The van der Waals surface area contributed by atoms with Gasteiger partial charge in [0.25, 0.3) is 0 Å². The molecule has 176 valence electrons. The Labute approximate surface area is 194 Å². The van der Waals surface area contributed by atoms with Crippen molar-refractivity contribution in [3.63, 3.8) is 0 Å². The summed E-state index contributed by atoms with van der Waals surface area (Å²) in [5.74, 6) is -1.12. The maximum Gasteiger partial charge on any atom is 0.241 e. The van der Waals surface area contributed by atoms with Gasteiger partial charge in [-0.25, -0.2) is 0 Å². The number of nitrogens with two attached hydrogens (primary N) is 1. The Morgan fingerprint density at radius 1 is 1.03 bits per heavy atom. The molecule has 1 atom stereocenters. The van der Waals surface area contributed by atoms with Gasteiger partial charge in [-0.05, 0) is 36.1 Å². The fraction of sp³-hybridized carbons (Fsp3) is 0.400. The van der Waals surface area contributed by atoms with E-state index in [4.69, 9.17) is 5.73 Å². The number of benzene rings is 2. The van der Waals surface area contributed by atoms with E-state index >= 15 is 0 Å². The molecular weight excluding hydrogens is 418 g/mol. The van der Waals surface area contributed by atoms with Gasteiger partial charge in [0.1, 0.15) is 0 Å². The predicted molar refractivity (Wildman–Crippen MR) is 129 cm³/mol. The van der Waals surface area contributed by atoms with Crippen LogP contribution < -0.4 is 21.7 Å². The third-order valence-corrected chi connectivity index (χ3v) is 6.05. The fourth-order valence-corrected chi connectivity index (χ4v) is 4.19. The van der Waals surface area contributed by atoms with Crippen molar-refractivity contribution in [1.82, 2.24) is 20.9 Å². The third-order valence-electron chi connectivity index (χ3n) is 6.05. The van der Waals surface area contributed by atoms with Gasteiger partial charge in [0.05, 0.1) is 13.1 Å². The third kappa shape index (κ3) is 7.40. The van der Waals surface area contributed by atoms with Crippen LogP contribution in [0.2, 0.25) is 0 Å². The first kappa shape index (κ1) is 24.4. The van der Waals surface area contributed by atoms with E-state index < -0.39 is 5.91 Å². The zero-order chi connectivity index (χ0) is 23.6. The number of primary amides is 1. The number of carbonyl (C=O) groups excluding carboxylic acids is 3. The first-order valence-electron chi connectivity index (χ1n) is 11.4. The summed E-state index contributed by atoms with van der Waals surface area (Å²) in [4.78, 5) is 36.8. The van der Waals surface area contributed by atoms with Crippen molar-refractivity contribution < 1.29 is 14.4 Å². The molecule has 0 bridgehead atoms. The number of likely N-dealkylation sites (tertiary alicyclic amines) is 1. The second kappa shape index (κ2) is 12.1. The molecule has 0 spiro atoms. The highest BCUT2D eigenvalue weighted by atomic mass is 16.2. The van der Waals surface area contributed by atoms with Crippen LogP contribution in [0.25, 0.3) is 10.8 Å². The number of nitrogens with zero attached hydrogens (tertiary/aromatic N) is 1. The minimum atomic E-state index is -0.572. The van der Waals surface area contributed by atoms with Gasteiger partial charge in [0, 0.05) is 37.8 Å². The maximum atomic E-state index is 12.1. The second-order valence-electron chi connectivity index (χ2n) is 8.32. The lowest BCUT2D eigenvalue weighted by Crippen LogP contribution is -2.47. The average Bonchev–Trinajstić information content (AvgIpc) is 2.83. The van der Waals surface area contributed by atoms with E-state index in [1.54, 1.807) is 0 Å². The van der Waals surface area contributed by atoms with Crippen molar-refractivity contribution in [3.8, 4) is 0 Å². The van der Waals surface area contributed by atoms with Crippen molar-refractivity contribution in [2.45, 2.75) is 31.8 Å². The summed E-state index contributed by atoms with van der Waals surface area (Å²) >= 11 is 0. The SMILES string of the molecule is CC(c1cccc2ccccc12)N1CCC(NCC(=O)NCC(=O)NC/C=C/C(N)=O)CC1. The van der Waals surface area contributed by atoms with Gasteiger partial charge in [0.15, 0.2) is 0 Å². The van der Waals surface area contributed by atoms with E-state index in [1.165, 1.54) is 28.5 Å². The average molecular weight is 452 g/mol. The lowest BCUT2D eigenvalue weighted by Gasteiger charge is -2.37. The molecule has 0 radical (unpaired) electrons. The molecular formula is C25H33N5O3. The first-order valence-corrected chi connectivity index (χ1v) is 11.4. The van der Waals surface area contributed by atoms with E-state index in [-0.39, 0.29) is 37.5 Å². The normalized spacial score (nSPS) is 16.0. The number of amides is 3. The molecule has 8 heteroatoms. The van der Waals surface area contributed by atoms with Crippen LogP contribution in [0.3, 0.4) is 0 Å². The molecule has 3 rings (SSSR count). The molecule has 33 heavy (non-hydrogen) atoms. The smallest absolute Gasteiger partial charge is 0.241 e. The highest BCUT2D eigenvalue weighted by Gasteiger charge is 2.24.